The Morgan fingerprint density at radius 1 is 1.78 bits per heavy atom. The minimum atomic E-state index is -0.419. The highest BCUT2D eigenvalue weighted by molar-refractivity contribution is 5.02. The fourth-order valence-corrected chi connectivity index (χ4v) is 0.794. The van der Waals surface area contributed by atoms with Gasteiger partial charge in [-0.05, 0) is 13.0 Å². The monoisotopic (exact) mass is 126 g/mol. The van der Waals surface area contributed by atoms with E-state index in [1.807, 2.05) is 7.05 Å². The number of hydrogen-bond acceptors (Lipinski definition) is 2. The topological polar surface area (TPSA) is 38.1 Å². The number of aryl methyl sites for hydroxylation is 1. The van der Waals surface area contributed by atoms with E-state index in [0.717, 1.165) is 5.69 Å². The normalized spacial score (nSPS) is 13.7. The molecule has 0 aliphatic rings. The molecule has 3 heteroatoms. The molecule has 0 radical (unpaired) electrons. The molecule has 1 aromatic heterocycles. The van der Waals surface area contributed by atoms with E-state index >= 15 is 0 Å². The van der Waals surface area contributed by atoms with Crippen LogP contribution in [0, 0.1) is 0 Å². The Kier molecular flexibility index (Phi) is 1.53. The first kappa shape index (κ1) is 6.29. The number of nitrogens with zero attached hydrogens (tertiary/aromatic N) is 2. The van der Waals surface area contributed by atoms with Crippen molar-refractivity contribution in [3.05, 3.63) is 18.0 Å². The van der Waals surface area contributed by atoms with Crippen molar-refractivity contribution < 1.29 is 5.11 Å². The molecule has 0 amide bonds. The maximum absolute atomic E-state index is 9.03. The van der Waals surface area contributed by atoms with Crippen LogP contribution >= 0.6 is 0 Å². The lowest BCUT2D eigenvalue weighted by molar-refractivity contribution is 0.189. The van der Waals surface area contributed by atoms with E-state index in [9.17, 15) is 0 Å². The Labute approximate surface area is 53.9 Å². The Morgan fingerprint density at radius 3 is 2.67 bits per heavy atom. The van der Waals surface area contributed by atoms with Crippen LogP contribution in [0.5, 0.6) is 0 Å². The zero-order chi connectivity index (χ0) is 6.85. The fourth-order valence-electron chi connectivity index (χ4n) is 0.794. The summed E-state index contributed by atoms with van der Waals surface area (Å²) < 4.78 is 1.66. The van der Waals surface area contributed by atoms with Crippen LogP contribution < -0.4 is 0 Å². The summed E-state index contributed by atoms with van der Waals surface area (Å²) in [6.45, 7) is 1.72. The molecule has 1 rings (SSSR count). The van der Waals surface area contributed by atoms with Crippen molar-refractivity contribution in [3.8, 4) is 0 Å². The highest BCUT2D eigenvalue weighted by atomic mass is 16.3. The molecule has 1 atom stereocenters. The Balaban J connectivity index is 2.94. The van der Waals surface area contributed by atoms with Gasteiger partial charge in [0.05, 0.1) is 11.8 Å². The minimum Gasteiger partial charge on any atom is -0.387 e. The van der Waals surface area contributed by atoms with Gasteiger partial charge in [0.1, 0.15) is 0 Å². The SMILES string of the molecule is CC(O)c1ccnn1C. The molecule has 50 valence electrons. The highest BCUT2D eigenvalue weighted by Crippen LogP contribution is 2.07. The molecule has 0 aromatic carbocycles. The van der Waals surface area contributed by atoms with E-state index in [2.05, 4.69) is 5.10 Å². The van der Waals surface area contributed by atoms with E-state index in [-0.39, 0.29) is 0 Å². The van der Waals surface area contributed by atoms with E-state index in [1.165, 1.54) is 0 Å². The van der Waals surface area contributed by atoms with E-state index < -0.39 is 6.10 Å². The molecule has 0 aliphatic heterocycles. The molecule has 0 saturated carbocycles. The molecule has 9 heavy (non-hydrogen) atoms. The third-order valence-corrected chi connectivity index (χ3v) is 1.29. The lowest BCUT2D eigenvalue weighted by Gasteiger charge is -2.02. The summed E-state index contributed by atoms with van der Waals surface area (Å²) in [4.78, 5) is 0. The molecule has 1 heterocycles. The third-order valence-electron chi connectivity index (χ3n) is 1.29. The quantitative estimate of drug-likeness (QED) is 0.594. The number of rotatable bonds is 1. The smallest absolute Gasteiger partial charge is 0.0928 e. The van der Waals surface area contributed by atoms with E-state index in [0.29, 0.717) is 0 Å². The maximum atomic E-state index is 9.03. The van der Waals surface area contributed by atoms with Gasteiger partial charge in [0.2, 0.25) is 0 Å². The van der Waals surface area contributed by atoms with Crippen LogP contribution in [0.2, 0.25) is 0 Å². The first-order valence-electron chi connectivity index (χ1n) is 2.88. The largest absolute Gasteiger partial charge is 0.387 e. The van der Waals surface area contributed by atoms with Crippen LogP contribution in [0.1, 0.15) is 18.7 Å². The van der Waals surface area contributed by atoms with Gasteiger partial charge in [-0.1, -0.05) is 0 Å². The summed E-state index contributed by atoms with van der Waals surface area (Å²) >= 11 is 0. The van der Waals surface area contributed by atoms with Crippen LogP contribution in [0.3, 0.4) is 0 Å². The molecule has 1 N–H and O–H groups in total. The fraction of sp³-hybridized carbons (Fsp3) is 0.500. The number of aliphatic hydroxyl groups is 1. The second kappa shape index (κ2) is 2.19. The Bertz CT molecular complexity index is 193. The zero-order valence-corrected chi connectivity index (χ0v) is 5.57. The summed E-state index contributed by atoms with van der Waals surface area (Å²) in [6, 6.07) is 1.80. The van der Waals surface area contributed by atoms with Gasteiger partial charge >= 0.3 is 0 Å². The average Bonchev–Trinajstić information content (AvgIpc) is 2.13. The van der Waals surface area contributed by atoms with Gasteiger partial charge in [0.25, 0.3) is 0 Å². The van der Waals surface area contributed by atoms with Gasteiger partial charge in [-0.15, -0.1) is 0 Å². The molecule has 0 fully saturated rings. The Morgan fingerprint density at radius 2 is 2.44 bits per heavy atom. The first-order valence-corrected chi connectivity index (χ1v) is 2.88. The molecule has 1 unspecified atom stereocenters. The predicted octanol–water partition coefficient (Wildman–Crippen LogP) is 0.473. The molecular formula is C6H10N2O. The molecule has 0 bridgehead atoms. The summed E-state index contributed by atoms with van der Waals surface area (Å²) in [5.74, 6) is 0. The number of aliphatic hydroxyl groups excluding tert-OH is 1. The Hall–Kier alpha value is -0.830. The van der Waals surface area contributed by atoms with Gasteiger partial charge in [-0.2, -0.15) is 5.10 Å². The van der Waals surface area contributed by atoms with Crippen molar-refractivity contribution in [1.82, 2.24) is 9.78 Å². The molecule has 0 saturated heterocycles. The molecule has 1 aromatic rings. The molecule has 0 aliphatic carbocycles. The third kappa shape index (κ3) is 1.10. The van der Waals surface area contributed by atoms with Crippen LogP contribution in [0.15, 0.2) is 12.3 Å². The summed E-state index contributed by atoms with van der Waals surface area (Å²) in [7, 11) is 1.81. The van der Waals surface area contributed by atoms with Crippen molar-refractivity contribution in [2.75, 3.05) is 0 Å². The molecule has 0 spiro atoms. The lowest BCUT2D eigenvalue weighted by Crippen LogP contribution is -2.00. The van der Waals surface area contributed by atoms with Crippen molar-refractivity contribution in [2.45, 2.75) is 13.0 Å². The van der Waals surface area contributed by atoms with Gasteiger partial charge in [0.15, 0.2) is 0 Å². The van der Waals surface area contributed by atoms with Crippen LogP contribution in [0.25, 0.3) is 0 Å². The van der Waals surface area contributed by atoms with Crippen molar-refractivity contribution in [1.29, 1.82) is 0 Å². The van der Waals surface area contributed by atoms with Crippen molar-refractivity contribution in [2.24, 2.45) is 7.05 Å². The average molecular weight is 126 g/mol. The van der Waals surface area contributed by atoms with Crippen molar-refractivity contribution >= 4 is 0 Å². The van der Waals surface area contributed by atoms with Crippen LogP contribution in [-0.4, -0.2) is 14.9 Å². The van der Waals surface area contributed by atoms with Gasteiger partial charge in [-0.25, -0.2) is 0 Å². The maximum Gasteiger partial charge on any atom is 0.0928 e. The summed E-state index contributed by atoms with van der Waals surface area (Å²) in [6.07, 6.45) is 1.25. The van der Waals surface area contributed by atoms with E-state index in [4.69, 9.17) is 5.11 Å². The van der Waals surface area contributed by atoms with Gasteiger partial charge < -0.3 is 5.11 Å². The predicted molar refractivity (Wildman–Crippen MR) is 33.8 cm³/mol. The van der Waals surface area contributed by atoms with Crippen molar-refractivity contribution in [3.63, 3.8) is 0 Å². The second-order valence-corrected chi connectivity index (χ2v) is 2.06. The first-order chi connectivity index (χ1) is 4.22. The van der Waals surface area contributed by atoms with Gasteiger partial charge in [0, 0.05) is 13.2 Å². The van der Waals surface area contributed by atoms with Gasteiger partial charge in [-0.3, -0.25) is 4.68 Å². The molecular weight excluding hydrogens is 116 g/mol. The lowest BCUT2D eigenvalue weighted by atomic mass is 10.3. The highest BCUT2D eigenvalue weighted by Gasteiger charge is 2.02. The second-order valence-electron chi connectivity index (χ2n) is 2.06. The zero-order valence-electron chi connectivity index (χ0n) is 5.57. The summed E-state index contributed by atoms with van der Waals surface area (Å²) in [5.41, 5.74) is 0.843. The number of hydrogen-bond donors (Lipinski definition) is 1. The van der Waals surface area contributed by atoms with Crippen LogP contribution in [0.4, 0.5) is 0 Å². The van der Waals surface area contributed by atoms with Crippen LogP contribution in [-0.2, 0) is 7.05 Å². The number of aromatic nitrogens is 2. The molecule has 3 nitrogen and oxygen atoms in total. The summed E-state index contributed by atoms with van der Waals surface area (Å²) in [5, 5.41) is 12.9. The van der Waals surface area contributed by atoms with E-state index in [1.54, 1.807) is 23.9 Å². The minimum absolute atomic E-state index is 0.419. The standard InChI is InChI=1S/C6H10N2O/c1-5(9)6-3-4-7-8(6)2/h3-5,9H,1-2H3.